The molecule has 0 aliphatic heterocycles. The minimum Gasteiger partial charge on any atom is -0.481 e. The van der Waals surface area contributed by atoms with Crippen molar-refractivity contribution in [3.8, 4) is 0 Å². The lowest BCUT2D eigenvalue weighted by atomic mass is 9.97. The van der Waals surface area contributed by atoms with Crippen LogP contribution in [0.15, 0.2) is 18.2 Å². The molecule has 0 heterocycles. The van der Waals surface area contributed by atoms with Crippen molar-refractivity contribution in [2.45, 2.75) is 53.4 Å². The molecule has 2 rings (SSSR count). The third kappa shape index (κ3) is 4.16. The Balaban J connectivity index is 2.66. The van der Waals surface area contributed by atoms with Crippen molar-refractivity contribution >= 4 is 40.5 Å². The number of anilines is 2. The highest BCUT2D eigenvalue weighted by atomic mass is 35.5. The maximum atomic E-state index is 11.3. The summed E-state index contributed by atoms with van der Waals surface area (Å²) in [4.78, 5) is 11.3. The third-order valence-corrected chi connectivity index (χ3v) is 5.70. The van der Waals surface area contributed by atoms with Gasteiger partial charge in [0.25, 0.3) is 0 Å². The quantitative estimate of drug-likeness (QED) is 0.564. The average Bonchev–Trinajstić information content (AvgIpc) is 2.60. The van der Waals surface area contributed by atoms with Gasteiger partial charge >= 0.3 is 5.97 Å². The number of aliphatic carboxylic acids is 1. The smallest absolute Gasteiger partial charge is 0.307 e. The van der Waals surface area contributed by atoms with Crippen LogP contribution < -0.4 is 5.32 Å². The second-order valence-electron chi connectivity index (χ2n) is 6.48. The number of carbonyl (C=O) groups is 1. The molecule has 26 heavy (non-hydrogen) atoms. The third-order valence-electron chi connectivity index (χ3n) is 4.66. The van der Waals surface area contributed by atoms with E-state index in [0.717, 1.165) is 58.5 Å². The average molecular weight is 394 g/mol. The molecule has 0 fully saturated rings. The minimum atomic E-state index is -0.855. The van der Waals surface area contributed by atoms with Gasteiger partial charge in [0.1, 0.15) is 0 Å². The van der Waals surface area contributed by atoms with Crippen molar-refractivity contribution in [2.24, 2.45) is 0 Å². The standard InChI is InChI=1S/C21H25Cl2NO2/c1-5-8-14-9-7-10-15(11-17(25)26)20(14)24-21-16(6-2)12(3)18(22)13(4)19(21)23/h7,9-10,24H,5-6,8,11H2,1-4H3,(H,25,26). The first-order chi connectivity index (χ1) is 12.3. The van der Waals surface area contributed by atoms with Crippen LogP contribution in [-0.2, 0) is 24.1 Å². The molecule has 0 unspecified atom stereocenters. The summed E-state index contributed by atoms with van der Waals surface area (Å²) in [5.74, 6) is -0.855. The summed E-state index contributed by atoms with van der Waals surface area (Å²) in [7, 11) is 0. The van der Waals surface area contributed by atoms with E-state index in [1.165, 1.54) is 0 Å². The number of halogens is 2. The summed E-state index contributed by atoms with van der Waals surface area (Å²) >= 11 is 13.1. The first kappa shape index (κ1) is 20.6. The largest absolute Gasteiger partial charge is 0.481 e. The number of para-hydroxylation sites is 1. The minimum absolute atomic E-state index is 0.0372. The second-order valence-corrected chi connectivity index (χ2v) is 7.24. The number of rotatable bonds is 7. The SMILES string of the molecule is CCCc1cccc(CC(=O)O)c1Nc1c(Cl)c(C)c(Cl)c(C)c1CC. The summed E-state index contributed by atoms with van der Waals surface area (Å²) < 4.78 is 0. The zero-order valence-electron chi connectivity index (χ0n) is 15.7. The Labute approximate surface area is 165 Å². The Bertz CT molecular complexity index is 831. The summed E-state index contributed by atoms with van der Waals surface area (Å²) in [5.41, 5.74) is 6.41. The van der Waals surface area contributed by atoms with Crippen molar-refractivity contribution in [3.63, 3.8) is 0 Å². The van der Waals surface area contributed by atoms with E-state index >= 15 is 0 Å². The molecule has 0 saturated carbocycles. The van der Waals surface area contributed by atoms with Crippen LogP contribution in [0.1, 0.15) is 48.1 Å². The predicted octanol–water partition coefficient (Wildman–Crippen LogP) is 6.50. The highest BCUT2D eigenvalue weighted by molar-refractivity contribution is 6.38. The van der Waals surface area contributed by atoms with Gasteiger partial charge in [0.05, 0.1) is 17.1 Å². The van der Waals surface area contributed by atoms with Crippen LogP contribution >= 0.6 is 23.2 Å². The van der Waals surface area contributed by atoms with Gasteiger partial charge in [-0.15, -0.1) is 0 Å². The fourth-order valence-electron chi connectivity index (χ4n) is 3.32. The molecule has 0 saturated heterocycles. The Morgan fingerprint density at radius 3 is 2.27 bits per heavy atom. The lowest BCUT2D eigenvalue weighted by Gasteiger charge is -2.22. The second kappa shape index (κ2) is 8.79. The van der Waals surface area contributed by atoms with Crippen molar-refractivity contribution in [3.05, 3.63) is 56.1 Å². The van der Waals surface area contributed by atoms with E-state index in [4.69, 9.17) is 23.2 Å². The van der Waals surface area contributed by atoms with Crippen molar-refractivity contribution in [2.75, 3.05) is 5.32 Å². The molecule has 5 heteroatoms. The molecule has 0 aliphatic rings. The molecule has 0 radical (unpaired) electrons. The van der Waals surface area contributed by atoms with Crippen molar-refractivity contribution < 1.29 is 9.90 Å². The van der Waals surface area contributed by atoms with Gasteiger partial charge in [-0.2, -0.15) is 0 Å². The molecule has 2 aromatic rings. The van der Waals surface area contributed by atoms with Gasteiger partial charge in [-0.05, 0) is 54.5 Å². The molecule has 0 atom stereocenters. The summed E-state index contributed by atoms with van der Waals surface area (Å²) in [6.07, 6.45) is 2.57. The Hall–Kier alpha value is -1.71. The summed E-state index contributed by atoms with van der Waals surface area (Å²) in [5, 5.41) is 14.0. The van der Waals surface area contributed by atoms with Crippen LogP contribution in [0.3, 0.4) is 0 Å². The normalized spacial score (nSPS) is 10.8. The fraction of sp³-hybridized carbons (Fsp3) is 0.381. The monoisotopic (exact) mass is 393 g/mol. The summed E-state index contributed by atoms with van der Waals surface area (Å²) in [6, 6.07) is 5.80. The van der Waals surface area contributed by atoms with Gasteiger partial charge in [-0.1, -0.05) is 61.7 Å². The van der Waals surface area contributed by atoms with Gasteiger partial charge < -0.3 is 10.4 Å². The molecule has 0 aliphatic carbocycles. The van der Waals surface area contributed by atoms with E-state index in [-0.39, 0.29) is 6.42 Å². The maximum absolute atomic E-state index is 11.3. The van der Waals surface area contributed by atoms with E-state index in [2.05, 4.69) is 19.2 Å². The van der Waals surface area contributed by atoms with Crippen LogP contribution in [0.4, 0.5) is 11.4 Å². The molecule has 0 aromatic heterocycles. The molecule has 140 valence electrons. The van der Waals surface area contributed by atoms with Gasteiger partial charge in [0.15, 0.2) is 0 Å². The molecule has 3 nitrogen and oxygen atoms in total. The highest BCUT2D eigenvalue weighted by Crippen LogP contribution is 2.41. The number of carboxylic acids is 1. The molecule has 0 spiro atoms. The Morgan fingerprint density at radius 2 is 1.69 bits per heavy atom. The summed E-state index contributed by atoms with van der Waals surface area (Å²) in [6.45, 7) is 8.06. The van der Waals surface area contributed by atoms with Crippen LogP contribution in [0.25, 0.3) is 0 Å². The Morgan fingerprint density at radius 1 is 1.04 bits per heavy atom. The number of aryl methyl sites for hydroxylation is 1. The van der Waals surface area contributed by atoms with Gasteiger partial charge in [-0.3, -0.25) is 4.79 Å². The Kier molecular flexibility index (Phi) is 6.96. The number of hydrogen-bond donors (Lipinski definition) is 2. The lowest BCUT2D eigenvalue weighted by molar-refractivity contribution is -0.136. The topological polar surface area (TPSA) is 49.3 Å². The molecular weight excluding hydrogens is 369 g/mol. The van der Waals surface area contributed by atoms with E-state index in [0.29, 0.717) is 10.0 Å². The molecule has 2 N–H and O–H groups in total. The highest BCUT2D eigenvalue weighted by Gasteiger charge is 2.19. The maximum Gasteiger partial charge on any atom is 0.307 e. The predicted molar refractivity (Wildman–Crippen MR) is 110 cm³/mol. The van der Waals surface area contributed by atoms with Crippen molar-refractivity contribution in [1.29, 1.82) is 0 Å². The first-order valence-electron chi connectivity index (χ1n) is 8.88. The van der Waals surface area contributed by atoms with E-state index in [9.17, 15) is 9.90 Å². The fourth-order valence-corrected chi connectivity index (χ4v) is 3.83. The van der Waals surface area contributed by atoms with E-state index in [1.54, 1.807) is 0 Å². The van der Waals surface area contributed by atoms with Gasteiger partial charge in [0.2, 0.25) is 0 Å². The first-order valence-corrected chi connectivity index (χ1v) is 9.63. The van der Waals surface area contributed by atoms with Crippen molar-refractivity contribution in [1.82, 2.24) is 0 Å². The van der Waals surface area contributed by atoms with E-state index < -0.39 is 5.97 Å². The van der Waals surface area contributed by atoms with E-state index in [1.807, 2.05) is 32.0 Å². The molecular formula is C21H25Cl2NO2. The molecule has 0 bridgehead atoms. The zero-order valence-corrected chi connectivity index (χ0v) is 17.2. The number of nitrogens with one attached hydrogen (secondary N) is 1. The van der Waals surface area contributed by atoms with Gasteiger partial charge in [0, 0.05) is 10.7 Å². The molecule has 2 aromatic carbocycles. The number of benzene rings is 2. The lowest BCUT2D eigenvalue weighted by Crippen LogP contribution is -2.09. The van der Waals surface area contributed by atoms with Crippen LogP contribution in [-0.4, -0.2) is 11.1 Å². The van der Waals surface area contributed by atoms with Crippen LogP contribution in [0.5, 0.6) is 0 Å². The number of carboxylic acid groups (broad SMARTS) is 1. The zero-order chi connectivity index (χ0) is 19.4. The molecule has 0 amide bonds. The van der Waals surface area contributed by atoms with Gasteiger partial charge in [-0.25, -0.2) is 0 Å². The van der Waals surface area contributed by atoms with Crippen LogP contribution in [0.2, 0.25) is 10.0 Å². The van der Waals surface area contributed by atoms with Crippen LogP contribution in [0, 0.1) is 13.8 Å². The number of hydrogen-bond acceptors (Lipinski definition) is 2.